The van der Waals surface area contributed by atoms with Crippen molar-refractivity contribution in [3.8, 4) is 0 Å². The molecule has 172 valence electrons. The number of hydrogen-bond donors (Lipinski definition) is 2. The van der Waals surface area contributed by atoms with Gasteiger partial charge in [0.05, 0.1) is 10.9 Å². The Balaban J connectivity index is 1.52. The van der Waals surface area contributed by atoms with Gasteiger partial charge in [-0.25, -0.2) is 12.8 Å². The molecule has 1 unspecified atom stereocenters. The van der Waals surface area contributed by atoms with E-state index in [0.29, 0.717) is 30.1 Å². The summed E-state index contributed by atoms with van der Waals surface area (Å²) in [5, 5.41) is 13.6. The highest BCUT2D eigenvalue weighted by atomic mass is 32.2. The topological polar surface area (TPSA) is 121 Å². The molecule has 3 aromatic rings. The predicted molar refractivity (Wildman–Crippen MR) is 121 cm³/mol. The summed E-state index contributed by atoms with van der Waals surface area (Å²) in [7, 11) is -3.83. The van der Waals surface area contributed by atoms with Gasteiger partial charge in [0.25, 0.3) is 5.91 Å². The van der Waals surface area contributed by atoms with Gasteiger partial charge >= 0.3 is 0 Å². The van der Waals surface area contributed by atoms with Crippen LogP contribution < -0.4 is 10.6 Å². The third kappa shape index (κ3) is 5.07. The van der Waals surface area contributed by atoms with E-state index in [2.05, 4.69) is 20.8 Å². The number of sulfonamides is 1. The first-order valence-corrected chi connectivity index (χ1v) is 12.3. The highest BCUT2D eigenvalue weighted by Gasteiger charge is 2.38. The predicted octanol–water partition coefficient (Wildman–Crippen LogP) is 3.41. The van der Waals surface area contributed by atoms with E-state index in [1.807, 2.05) is 0 Å². The van der Waals surface area contributed by atoms with Gasteiger partial charge in [-0.3, -0.25) is 9.59 Å². The summed E-state index contributed by atoms with van der Waals surface area (Å²) < 4.78 is 41.2. The molecular weight excluding hydrogens is 469 g/mol. The lowest BCUT2D eigenvalue weighted by atomic mass is 10.2. The summed E-state index contributed by atoms with van der Waals surface area (Å²) in [5.74, 6) is -1.29. The van der Waals surface area contributed by atoms with Crippen LogP contribution in [0, 0.1) is 5.82 Å². The van der Waals surface area contributed by atoms with E-state index in [1.165, 1.54) is 53.7 Å². The Morgan fingerprint density at radius 1 is 1.09 bits per heavy atom. The molecule has 1 fully saturated rings. The second kappa shape index (κ2) is 9.33. The zero-order valence-corrected chi connectivity index (χ0v) is 19.1. The number of carbonyl (C=O) groups excluding carboxylic acids is 2. The summed E-state index contributed by atoms with van der Waals surface area (Å²) in [6.07, 6.45) is 1.18. The minimum absolute atomic E-state index is 0.0539. The van der Waals surface area contributed by atoms with Gasteiger partial charge in [0.2, 0.25) is 20.9 Å². The number of amides is 2. The van der Waals surface area contributed by atoms with E-state index in [0.717, 1.165) is 11.3 Å². The van der Waals surface area contributed by atoms with Crippen molar-refractivity contribution in [3.05, 3.63) is 64.4 Å². The molecule has 1 saturated heterocycles. The van der Waals surface area contributed by atoms with Gasteiger partial charge in [0.1, 0.15) is 10.8 Å². The minimum Gasteiger partial charge on any atom is -0.326 e. The Labute approximate surface area is 193 Å². The molecule has 2 aromatic carbocycles. The maximum atomic E-state index is 13.3. The van der Waals surface area contributed by atoms with Crippen molar-refractivity contribution in [2.75, 3.05) is 17.2 Å². The first-order valence-electron chi connectivity index (χ1n) is 10.0. The molecule has 1 aliphatic heterocycles. The summed E-state index contributed by atoms with van der Waals surface area (Å²) in [4.78, 5) is 23.7. The Morgan fingerprint density at radius 2 is 1.85 bits per heavy atom. The lowest BCUT2D eigenvalue weighted by molar-refractivity contribution is -0.114. The molecule has 0 radical (unpaired) electrons. The van der Waals surface area contributed by atoms with E-state index < -0.39 is 27.8 Å². The Kier molecular flexibility index (Phi) is 6.49. The number of halogens is 1. The molecule has 0 saturated carbocycles. The molecule has 2 N–H and O–H groups in total. The fourth-order valence-electron chi connectivity index (χ4n) is 3.54. The smallest absolute Gasteiger partial charge is 0.286 e. The normalized spacial score (nSPS) is 16.5. The zero-order chi connectivity index (χ0) is 23.6. The van der Waals surface area contributed by atoms with Crippen LogP contribution in [-0.2, 0) is 14.8 Å². The highest BCUT2D eigenvalue weighted by Crippen LogP contribution is 2.38. The van der Waals surface area contributed by atoms with Crippen molar-refractivity contribution in [1.29, 1.82) is 0 Å². The standard InChI is InChI=1S/C21H20FN5O4S2/c1-13(28)23-15-7-9-17(10-8-15)33(30,31)27-11-3-6-18(27)20-25-26-21(32-20)19(29)24-16-5-2-4-14(22)12-16/h2,4-5,7-10,12,18H,3,6,11H2,1H3,(H,23,28)(H,24,29). The molecule has 33 heavy (non-hydrogen) atoms. The maximum absolute atomic E-state index is 13.3. The molecule has 2 amide bonds. The number of hydrogen-bond acceptors (Lipinski definition) is 7. The Morgan fingerprint density at radius 3 is 2.55 bits per heavy atom. The number of anilines is 2. The molecule has 9 nitrogen and oxygen atoms in total. The number of benzene rings is 2. The largest absolute Gasteiger partial charge is 0.326 e. The zero-order valence-electron chi connectivity index (χ0n) is 17.5. The quantitative estimate of drug-likeness (QED) is 0.547. The second-order valence-electron chi connectivity index (χ2n) is 7.39. The van der Waals surface area contributed by atoms with Crippen LogP contribution in [0.5, 0.6) is 0 Å². The molecule has 4 rings (SSSR count). The van der Waals surface area contributed by atoms with Gasteiger partial charge in [-0.15, -0.1) is 10.2 Å². The molecule has 12 heteroatoms. The van der Waals surface area contributed by atoms with Gasteiger partial charge in [0, 0.05) is 24.8 Å². The van der Waals surface area contributed by atoms with E-state index in [9.17, 15) is 22.4 Å². The fraction of sp³-hybridized carbons (Fsp3) is 0.238. The van der Waals surface area contributed by atoms with Gasteiger partial charge in [0.15, 0.2) is 0 Å². The van der Waals surface area contributed by atoms with Crippen molar-refractivity contribution in [1.82, 2.24) is 14.5 Å². The number of carbonyl (C=O) groups is 2. The van der Waals surface area contributed by atoms with Crippen molar-refractivity contribution in [3.63, 3.8) is 0 Å². The van der Waals surface area contributed by atoms with E-state index in [-0.39, 0.29) is 21.5 Å². The molecular formula is C21H20FN5O4S2. The summed E-state index contributed by atoms with van der Waals surface area (Å²) >= 11 is 1.00. The van der Waals surface area contributed by atoms with Crippen molar-refractivity contribution in [2.24, 2.45) is 0 Å². The van der Waals surface area contributed by atoms with Gasteiger partial charge in [-0.1, -0.05) is 17.4 Å². The van der Waals surface area contributed by atoms with E-state index >= 15 is 0 Å². The van der Waals surface area contributed by atoms with Gasteiger partial charge < -0.3 is 10.6 Å². The molecule has 0 aliphatic carbocycles. The average molecular weight is 490 g/mol. The molecule has 1 atom stereocenters. The third-order valence-corrected chi connectivity index (χ3v) is 7.93. The summed E-state index contributed by atoms with van der Waals surface area (Å²) in [6, 6.07) is 10.9. The number of nitrogens with zero attached hydrogens (tertiary/aromatic N) is 3. The van der Waals surface area contributed by atoms with Crippen LogP contribution in [0.1, 0.15) is 40.6 Å². The lowest BCUT2D eigenvalue weighted by Gasteiger charge is -2.22. The van der Waals surface area contributed by atoms with Gasteiger partial charge in [-0.05, 0) is 55.3 Å². The monoisotopic (exact) mass is 489 g/mol. The Bertz CT molecular complexity index is 1290. The molecule has 1 aromatic heterocycles. The second-order valence-corrected chi connectivity index (χ2v) is 10.3. The molecule has 2 heterocycles. The minimum atomic E-state index is -3.83. The van der Waals surface area contributed by atoms with E-state index in [4.69, 9.17) is 0 Å². The van der Waals surface area contributed by atoms with Crippen LogP contribution >= 0.6 is 11.3 Å². The Hall–Kier alpha value is -3.22. The average Bonchev–Trinajstić information content (AvgIpc) is 3.44. The van der Waals surface area contributed by atoms with Crippen molar-refractivity contribution < 1.29 is 22.4 Å². The van der Waals surface area contributed by atoms with Crippen LogP contribution in [-0.4, -0.2) is 41.3 Å². The number of rotatable bonds is 6. The molecule has 1 aliphatic rings. The van der Waals surface area contributed by atoms with Crippen LogP contribution in [0.15, 0.2) is 53.4 Å². The summed E-state index contributed by atoms with van der Waals surface area (Å²) in [6.45, 7) is 1.68. The lowest BCUT2D eigenvalue weighted by Crippen LogP contribution is -2.30. The third-order valence-electron chi connectivity index (χ3n) is 4.99. The number of nitrogens with one attached hydrogen (secondary N) is 2. The van der Waals surface area contributed by atoms with Crippen LogP contribution in [0.3, 0.4) is 0 Å². The first kappa shape index (κ1) is 23.0. The summed E-state index contributed by atoms with van der Waals surface area (Å²) in [5.41, 5.74) is 0.780. The SMILES string of the molecule is CC(=O)Nc1ccc(S(=O)(=O)N2CCCC2c2nnc(C(=O)Nc3cccc(F)c3)s2)cc1. The van der Waals surface area contributed by atoms with Crippen LogP contribution in [0.4, 0.5) is 15.8 Å². The van der Waals surface area contributed by atoms with Crippen LogP contribution in [0.2, 0.25) is 0 Å². The van der Waals surface area contributed by atoms with Crippen molar-refractivity contribution in [2.45, 2.75) is 30.7 Å². The van der Waals surface area contributed by atoms with E-state index in [1.54, 1.807) is 6.07 Å². The fourth-order valence-corrected chi connectivity index (χ4v) is 6.15. The van der Waals surface area contributed by atoms with Crippen LogP contribution in [0.25, 0.3) is 0 Å². The highest BCUT2D eigenvalue weighted by molar-refractivity contribution is 7.89. The first-order chi connectivity index (χ1) is 15.7. The molecule has 0 spiro atoms. The molecule has 0 bridgehead atoms. The number of aromatic nitrogens is 2. The maximum Gasteiger partial charge on any atom is 0.286 e. The van der Waals surface area contributed by atoms with Crippen molar-refractivity contribution >= 4 is 44.5 Å². The van der Waals surface area contributed by atoms with Gasteiger partial charge in [-0.2, -0.15) is 4.31 Å².